The second-order valence-electron chi connectivity index (χ2n) is 3.05. The topological polar surface area (TPSA) is 17.3 Å². The van der Waals surface area contributed by atoms with Crippen molar-refractivity contribution in [3.63, 3.8) is 0 Å². The van der Waals surface area contributed by atoms with Gasteiger partial charge in [-0.15, -0.1) is 13.8 Å². The summed E-state index contributed by atoms with van der Waals surface area (Å²) in [5.74, 6) is 0. The summed E-state index contributed by atoms with van der Waals surface area (Å²) in [4.78, 5) is 4.20. The molecule has 0 aliphatic carbocycles. The monoisotopic (exact) mass is 430 g/mol. The summed E-state index contributed by atoms with van der Waals surface area (Å²) in [6, 6.07) is 3.20. The average Bonchev–Trinajstić information content (AvgIpc) is 2.35. The molecule has 0 saturated heterocycles. The van der Waals surface area contributed by atoms with Gasteiger partial charge in [-0.25, -0.2) is 0 Å². The van der Waals surface area contributed by atoms with Crippen molar-refractivity contribution in [1.29, 1.82) is 0 Å². The van der Waals surface area contributed by atoms with Crippen LogP contribution in [-0.4, -0.2) is 9.38 Å². The van der Waals surface area contributed by atoms with Crippen molar-refractivity contribution in [3.05, 3.63) is 35.3 Å². The summed E-state index contributed by atoms with van der Waals surface area (Å²) in [6.45, 7) is 6.07. The molecule has 0 atom stereocenters. The van der Waals surface area contributed by atoms with Gasteiger partial charge in [0.25, 0.3) is 0 Å². The molecule has 2 rings (SSSR count). The van der Waals surface area contributed by atoms with Gasteiger partial charge in [0.05, 0.1) is 0 Å². The minimum atomic E-state index is 0. The zero-order valence-electron chi connectivity index (χ0n) is 8.85. The number of nitrogens with zero attached hydrogens (tertiary/aromatic N) is 2. The Bertz CT molecular complexity index is 437. The van der Waals surface area contributed by atoms with Crippen molar-refractivity contribution in [2.75, 3.05) is 0 Å². The molecule has 2 nitrogen and oxygen atoms in total. The molecule has 0 aromatic carbocycles. The minimum Gasteiger partial charge on any atom is -0.457 e. The third kappa shape index (κ3) is 2.84. The van der Waals surface area contributed by atoms with E-state index in [1.54, 1.807) is 0 Å². The first-order valence-electron chi connectivity index (χ1n) is 3.94. The van der Waals surface area contributed by atoms with Crippen LogP contribution in [0.5, 0.6) is 0 Å². The summed E-state index contributed by atoms with van der Waals surface area (Å²) in [7, 11) is 0. The summed E-state index contributed by atoms with van der Waals surface area (Å²) < 4.78 is 1.93. The number of pyridine rings is 1. The van der Waals surface area contributed by atoms with Crippen molar-refractivity contribution in [1.82, 2.24) is 9.38 Å². The predicted octanol–water partition coefficient (Wildman–Crippen LogP) is -1.14. The smallest absolute Gasteiger partial charge is 0.457 e. The van der Waals surface area contributed by atoms with Crippen molar-refractivity contribution in [2.45, 2.75) is 20.8 Å². The van der Waals surface area contributed by atoms with Gasteiger partial charge in [0.1, 0.15) is 0 Å². The Labute approximate surface area is 147 Å². The Balaban J connectivity index is 0.000000845. The maximum Gasteiger partial charge on any atom is 1.00 e. The number of fused-ring (bicyclic) bond motifs is 1. The zero-order chi connectivity index (χ0) is 8.72. The van der Waals surface area contributed by atoms with Crippen LogP contribution in [0.1, 0.15) is 16.8 Å². The maximum atomic E-state index is 4.20. The van der Waals surface area contributed by atoms with E-state index in [0.717, 1.165) is 22.5 Å². The first-order valence-corrected chi connectivity index (χ1v) is 3.94. The number of aromatic nitrogens is 2. The molecule has 0 unspecified atom stereocenters. The zero-order valence-corrected chi connectivity index (χ0v) is 16.5. The van der Waals surface area contributed by atoms with E-state index in [1.807, 2.05) is 31.4 Å². The van der Waals surface area contributed by atoms with Crippen LogP contribution in [0.2, 0.25) is 0 Å². The quantitative estimate of drug-likeness (QED) is 0.484. The van der Waals surface area contributed by atoms with E-state index in [9.17, 15) is 0 Å². The van der Waals surface area contributed by atoms with Gasteiger partial charge >= 0.3 is 58.2 Å². The predicted molar refractivity (Wildman–Crippen MR) is 47.1 cm³/mol. The first kappa shape index (κ1) is 15.2. The summed E-state index contributed by atoms with van der Waals surface area (Å²) >= 11 is 0. The Morgan fingerprint density at radius 3 is 2.50 bits per heavy atom. The van der Waals surface area contributed by atoms with Gasteiger partial charge in [-0.1, -0.05) is 12.6 Å². The molecule has 4 heteroatoms. The molecule has 69 valence electrons. The van der Waals surface area contributed by atoms with Gasteiger partial charge < -0.3 is 15.5 Å². The number of imidazole rings is 1. The van der Waals surface area contributed by atoms with Crippen molar-refractivity contribution < 1.29 is 78.6 Å². The Morgan fingerprint density at radius 2 is 1.86 bits per heavy atom. The van der Waals surface area contributed by atoms with Crippen LogP contribution >= 0.6 is 0 Å². The Morgan fingerprint density at radius 1 is 1.21 bits per heavy atom. The number of aryl methyl sites for hydroxylation is 3. The molecule has 0 amide bonds. The number of hydrogen-bond acceptors (Lipinski definition) is 1. The second kappa shape index (κ2) is 6.03. The molecule has 0 fully saturated rings. The second-order valence-corrected chi connectivity index (χ2v) is 3.05. The van der Waals surface area contributed by atoms with Crippen molar-refractivity contribution in [3.8, 4) is 0 Å². The average molecular weight is 430 g/mol. The summed E-state index contributed by atoms with van der Waals surface area (Å²) in [6.07, 6.45) is 5.06. The molecule has 1 radical (unpaired) electrons. The van der Waals surface area contributed by atoms with Crippen LogP contribution in [0.4, 0.5) is 0 Å². The summed E-state index contributed by atoms with van der Waals surface area (Å²) in [5.41, 5.74) is 4.21. The summed E-state index contributed by atoms with van der Waals surface area (Å²) in [5, 5.41) is 0. The van der Waals surface area contributed by atoms with Crippen LogP contribution in [-0.2, 0) is 20.4 Å². The van der Waals surface area contributed by atoms with E-state index in [4.69, 9.17) is 0 Å². The fraction of sp³-hybridized carbons (Fsp3) is 0.300. The van der Waals surface area contributed by atoms with Gasteiger partial charge in [-0.05, 0) is 11.9 Å². The van der Waals surface area contributed by atoms with E-state index >= 15 is 0 Å². The minimum absolute atomic E-state index is 0. The maximum absolute atomic E-state index is 4.20. The standard InChI is InChI=1S/C10H10N2.Rb.Re/c1-7-4-10-11-5-9(3)12(10)6-8(7)2;;/h5H,1-3H3;;/q-2;+1;. The molecular formula is C10H10N2RbRe-. The van der Waals surface area contributed by atoms with E-state index in [-0.39, 0.29) is 78.6 Å². The van der Waals surface area contributed by atoms with E-state index < -0.39 is 0 Å². The third-order valence-electron chi connectivity index (χ3n) is 2.08. The Kier molecular flexibility index (Phi) is 6.53. The first-order chi connectivity index (χ1) is 5.68. The molecule has 2 aromatic rings. The molecule has 0 bridgehead atoms. The van der Waals surface area contributed by atoms with Crippen LogP contribution in [0.3, 0.4) is 0 Å². The van der Waals surface area contributed by atoms with Crippen LogP contribution < -0.4 is 58.2 Å². The molecular weight excluding hydrogens is 420 g/mol. The van der Waals surface area contributed by atoms with Gasteiger partial charge in [-0.2, -0.15) is 6.20 Å². The molecule has 0 saturated carbocycles. The van der Waals surface area contributed by atoms with Crippen LogP contribution in [0.25, 0.3) is 5.65 Å². The van der Waals surface area contributed by atoms with E-state index in [1.165, 1.54) is 0 Å². The van der Waals surface area contributed by atoms with Gasteiger partial charge in [0, 0.05) is 20.4 Å². The largest absolute Gasteiger partial charge is 1.00 e. The van der Waals surface area contributed by atoms with Crippen LogP contribution in [0, 0.1) is 33.0 Å². The fourth-order valence-electron chi connectivity index (χ4n) is 1.18. The molecule has 2 aromatic heterocycles. The fourth-order valence-corrected chi connectivity index (χ4v) is 1.18. The number of hydrogen-bond donors (Lipinski definition) is 0. The molecule has 14 heavy (non-hydrogen) atoms. The van der Waals surface area contributed by atoms with E-state index in [2.05, 4.69) is 17.2 Å². The Hall–Kier alpha value is 1.16. The van der Waals surface area contributed by atoms with E-state index in [0.29, 0.717) is 0 Å². The van der Waals surface area contributed by atoms with Crippen LogP contribution in [0.15, 0.2) is 6.20 Å². The molecule has 2 heterocycles. The van der Waals surface area contributed by atoms with Crippen molar-refractivity contribution >= 4 is 5.65 Å². The molecule has 0 aliphatic rings. The molecule has 0 spiro atoms. The van der Waals surface area contributed by atoms with Gasteiger partial charge in [0.2, 0.25) is 0 Å². The molecule has 0 N–H and O–H groups in total. The van der Waals surface area contributed by atoms with Crippen molar-refractivity contribution in [2.24, 2.45) is 0 Å². The third-order valence-corrected chi connectivity index (χ3v) is 2.08. The molecule has 0 aliphatic heterocycles. The number of rotatable bonds is 0. The van der Waals surface area contributed by atoms with Gasteiger partial charge in [0.15, 0.2) is 0 Å². The normalized spacial score (nSPS) is 9.36. The SMILES string of the molecule is Cc1[c-]c2ncc(C)n2[c-]c1C.[Rb+].[Re]. The van der Waals surface area contributed by atoms with Gasteiger partial charge in [-0.3, -0.25) is 11.1 Å².